The minimum Gasteiger partial charge on any atom is -0.493 e. The van der Waals surface area contributed by atoms with Crippen LogP contribution in [0, 0.1) is 17.0 Å². The van der Waals surface area contributed by atoms with E-state index in [0.717, 1.165) is 11.1 Å². The summed E-state index contributed by atoms with van der Waals surface area (Å²) in [5.41, 5.74) is 2.30. The molecule has 3 rings (SSSR count). The average Bonchev–Trinajstić information content (AvgIpc) is 3.10. The number of ether oxygens (including phenoxy) is 1. The van der Waals surface area contributed by atoms with E-state index in [4.69, 9.17) is 9.26 Å². The number of non-ortho nitro benzene ring substituents is 1. The Bertz CT molecular complexity index is 923. The number of nitro groups is 1. The molecule has 0 fully saturated rings. The molecule has 0 atom stereocenters. The van der Waals surface area contributed by atoms with E-state index in [1.54, 1.807) is 6.07 Å². The van der Waals surface area contributed by atoms with Crippen LogP contribution in [0.15, 0.2) is 47.0 Å². The van der Waals surface area contributed by atoms with Gasteiger partial charge in [-0.25, -0.2) is 0 Å². The number of nitro benzene ring substituents is 1. The summed E-state index contributed by atoms with van der Waals surface area (Å²) in [7, 11) is 0. The second kappa shape index (κ2) is 7.64. The summed E-state index contributed by atoms with van der Waals surface area (Å²) in [5.74, 6) is 1.49. The van der Waals surface area contributed by atoms with E-state index < -0.39 is 4.92 Å². The van der Waals surface area contributed by atoms with Crippen molar-refractivity contribution < 1.29 is 14.2 Å². The molecule has 26 heavy (non-hydrogen) atoms. The summed E-state index contributed by atoms with van der Waals surface area (Å²) in [6, 6.07) is 12.1. The van der Waals surface area contributed by atoms with Crippen LogP contribution < -0.4 is 10.1 Å². The highest BCUT2D eigenvalue weighted by molar-refractivity contribution is 5.63. The number of rotatable bonds is 7. The van der Waals surface area contributed by atoms with Gasteiger partial charge in [-0.15, -0.1) is 0 Å². The van der Waals surface area contributed by atoms with Gasteiger partial charge in [-0.2, -0.15) is 4.98 Å². The van der Waals surface area contributed by atoms with Crippen molar-refractivity contribution >= 4 is 11.4 Å². The summed E-state index contributed by atoms with van der Waals surface area (Å²) in [6.45, 7) is 4.56. The summed E-state index contributed by atoms with van der Waals surface area (Å²) < 4.78 is 10.9. The highest BCUT2D eigenvalue weighted by atomic mass is 16.6. The molecule has 0 saturated carbocycles. The van der Waals surface area contributed by atoms with Crippen LogP contribution in [-0.2, 0) is 6.54 Å². The number of nitrogens with one attached hydrogen (secondary N) is 1. The highest BCUT2D eigenvalue weighted by Crippen LogP contribution is 2.28. The fourth-order valence-electron chi connectivity index (χ4n) is 2.45. The van der Waals surface area contributed by atoms with Gasteiger partial charge in [0.1, 0.15) is 5.75 Å². The largest absolute Gasteiger partial charge is 0.493 e. The zero-order chi connectivity index (χ0) is 18.5. The van der Waals surface area contributed by atoms with E-state index in [2.05, 4.69) is 15.5 Å². The maximum absolute atomic E-state index is 10.9. The Morgan fingerprint density at radius 1 is 1.27 bits per heavy atom. The van der Waals surface area contributed by atoms with Gasteiger partial charge in [0.2, 0.25) is 11.7 Å². The Kier molecular flexibility index (Phi) is 5.12. The van der Waals surface area contributed by atoms with E-state index in [0.29, 0.717) is 29.8 Å². The summed E-state index contributed by atoms with van der Waals surface area (Å²) in [4.78, 5) is 14.9. The zero-order valence-corrected chi connectivity index (χ0v) is 14.4. The van der Waals surface area contributed by atoms with E-state index >= 15 is 0 Å². The molecule has 0 radical (unpaired) electrons. The summed E-state index contributed by atoms with van der Waals surface area (Å²) in [6.07, 6.45) is 0. The molecule has 0 spiro atoms. The van der Waals surface area contributed by atoms with Gasteiger partial charge in [0, 0.05) is 17.8 Å². The number of hydrogen-bond acceptors (Lipinski definition) is 7. The maximum Gasteiger partial charge on any atom is 0.271 e. The molecule has 1 heterocycles. The van der Waals surface area contributed by atoms with Gasteiger partial charge in [0.05, 0.1) is 23.6 Å². The lowest BCUT2D eigenvalue weighted by Gasteiger charge is -2.07. The lowest BCUT2D eigenvalue weighted by molar-refractivity contribution is -0.384. The van der Waals surface area contributed by atoms with Crippen LogP contribution in [-0.4, -0.2) is 21.7 Å². The topological polar surface area (TPSA) is 103 Å². The van der Waals surface area contributed by atoms with Crippen LogP contribution in [0.25, 0.3) is 11.4 Å². The third-order valence-electron chi connectivity index (χ3n) is 3.76. The van der Waals surface area contributed by atoms with Gasteiger partial charge in [-0.05, 0) is 31.5 Å². The van der Waals surface area contributed by atoms with Gasteiger partial charge in [-0.3, -0.25) is 10.1 Å². The third kappa shape index (κ3) is 3.80. The van der Waals surface area contributed by atoms with Gasteiger partial charge in [0.15, 0.2) is 0 Å². The number of aromatic nitrogens is 2. The molecule has 0 aliphatic rings. The second-order valence-corrected chi connectivity index (χ2v) is 5.55. The molecule has 1 aromatic heterocycles. The Balaban J connectivity index is 1.76. The van der Waals surface area contributed by atoms with Crippen molar-refractivity contribution in [3.63, 3.8) is 0 Å². The molecule has 0 aliphatic carbocycles. The first-order valence-electron chi connectivity index (χ1n) is 8.12. The van der Waals surface area contributed by atoms with Gasteiger partial charge in [0.25, 0.3) is 5.69 Å². The molecule has 0 bridgehead atoms. The minimum atomic E-state index is -0.430. The monoisotopic (exact) mass is 354 g/mol. The van der Waals surface area contributed by atoms with Crippen molar-refractivity contribution in [2.75, 3.05) is 11.9 Å². The van der Waals surface area contributed by atoms with Crippen molar-refractivity contribution in [2.45, 2.75) is 20.4 Å². The Hall–Kier alpha value is -3.42. The molecule has 0 unspecified atom stereocenters. The smallest absolute Gasteiger partial charge is 0.271 e. The van der Waals surface area contributed by atoms with Gasteiger partial charge in [-0.1, -0.05) is 23.4 Å². The Labute approximate surface area is 150 Å². The zero-order valence-electron chi connectivity index (χ0n) is 14.4. The normalized spacial score (nSPS) is 10.5. The van der Waals surface area contributed by atoms with Crippen molar-refractivity contribution in [1.82, 2.24) is 10.1 Å². The highest BCUT2D eigenvalue weighted by Gasteiger charge is 2.14. The molecule has 1 N–H and O–H groups in total. The van der Waals surface area contributed by atoms with Crippen LogP contribution >= 0.6 is 0 Å². The van der Waals surface area contributed by atoms with E-state index in [1.165, 1.54) is 12.1 Å². The number of benzene rings is 2. The maximum atomic E-state index is 10.9. The van der Waals surface area contributed by atoms with Crippen LogP contribution in [0.1, 0.15) is 18.4 Å². The number of hydrogen-bond donors (Lipinski definition) is 1. The lowest BCUT2D eigenvalue weighted by atomic mass is 10.2. The fourth-order valence-corrected chi connectivity index (χ4v) is 2.45. The van der Waals surface area contributed by atoms with Crippen molar-refractivity contribution in [3.8, 4) is 17.1 Å². The molecule has 0 amide bonds. The first-order chi connectivity index (χ1) is 12.6. The molecule has 134 valence electrons. The van der Waals surface area contributed by atoms with Crippen molar-refractivity contribution in [2.24, 2.45) is 0 Å². The first kappa shape index (κ1) is 17.4. The van der Waals surface area contributed by atoms with Crippen molar-refractivity contribution in [1.29, 1.82) is 0 Å². The van der Waals surface area contributed by atoms with Crippen LogP contribution in [0.3, 0.4) is 0 Å². The molecular weight excluding hydrogens is 336 g/mol. The predicted octanol–water partition coefficient (Wildman–Crippen LogP) is 3.96. The Morgan fingerprint density at radius 2 is 2.08 bits per heavy atom. The Morgan fingerprint density at radius 3 is 2.85 bits per heavy atom. The third-order valence-corrected chi connectivity index (χ3v) is 3.76. The van der Waals surface area contributed by atoms with E-state index in [-0.39, 0.29) is 12.2 Å². The molecule has 2 aromatic carbocycles. The number of para-hydroxylation sites is 1. The minimum absolute atomic E-state index is 0.0231. The number of aryl methyl sites for hydroxylation is 1. The average molecular weight is 354 g/mol. The first-order valence-corrected chi connectivity index (χ1v) is 8.12. The predicted molar refractivity (Wildman–Crippen MR) is 96.1 cm³/mol. The standard InChI is InChI=1S/C18H18N4O4/c1-3-25-16-7-5-4-6-14(16)18-20-17(26-21-18)11-19-15-10-13(22(23)24)9-8-12(15)2/h4-10,19H,3,11H2,1-2H3. The second-order valence-electron chi connectivity index (χ2n) is 5.55. The molecule has 0 saturated heterocycles. The lowest BCUT2D eigenvalue weighted by Crippen LogP contribution is -2.02. The molecule has 0 aliphatic heterocycles. The van der Waals surface area contributed by atoms with E-state index in [1.807, 2.05) is 38.1 Å². The van der Waals surface area contributed by atoms with Gasteiger partial charge < -0.3 is 14.6 Å². The number of anilines is 1. The molecular formula is C18H18N4O4. The van der Waals surface area contributed by atoms with Crippen molar-refractivity contribution in [3.05, 3.63) is 64.0 Å². The fraction of sp³-hybridized carbons (Fsp3) is 0.222. The summed E-state index contributed by atoms with van der Waals surface area (Å²) in [5, 5.41) is 18.0. The number of nitrogens with zero attached hydrogens (tertiary/aromatic N) is 3. The quantitative estimate of drug-likeness (QED) is 0.506. The van der Waals surface area contributed by atoms with E-state index in [9.17, 15) is 10.1 Å². The SMILES string of the molecule is CCOc1ccccc1-c1noc(CNc2cc([N+](=O)[O-])ccc2C)n1. The van der Waals surface area contributed by atoms with Crippen LogP contribution in [0.4, 0.5) is 11.4 Å². The molecule has 8 nitrogen and oxygen atoms in total. The van der Waals surface area contributed by atoms with Crippen LogP contribution in [0.2, 0.25) is 0 Å². The van der Waals surface area contributed by atoms with Crippen LogP contribution in [0.5, 0.6) is 5.75 Å². The molecule has 3 aromatic rings. The molecule has 8 heteroatoms. The van der Waals surface area contributed by atoms with Gasteiger partial charge >= 0.3 is 0 Å². The summed E-state index contributed by atoms with van der Waals surface area (Å²) >= 11 is 0.